The highest BCUT2D eigenvalue weighted by Crippen LogP contribution is 2.32. The van der Waals surface area contributed by atoms with Crippen LogP contribution in [0, 0.1) is 13.8 Å². The maximum Gasteiger partial charge on any atom is 0.265 e. The number of amides is 2. The SMILES string of the molecule is Cc1ccc2c(c1)N(CC(=O)N1CCc3c(nc(C)[nH]c3=O)C1)C(=O)CO2. The molecule has 1 aromatic heterocycles. The number of rotatable bonds is 2. The molecule has 1 aromatic carbocycles. The van der Waals surface area contributed by atoms with E-state index in [-0.39, 0.29) is 37.1 Å². The molecule has 4 rings (SSSR count). The molecule has 2 aromatic rings. The number of nitrogens with one attached hydrogen (secondary N) is 1. The zero-order valence-electron chi connectivity index (χ0n) is 15.2. The van der Waals surface area contributed by atoms with Crippen molar-refractivity contribution in [2.24, 2.45) is 0 Å². The van der Waals surface area contributed by atoms with E-state index in [0.29, 0.717) is 41.5 Å². The molecule has 0 bridgehead atoms. The van der Waals surface area contributed by atoms with Gasteiger partial charge in [-0.15, -0.1) is 0 Å². The number of benzene rings is 1. The van der Waals surface area contributed by atoms with Crippen molar-refractivity contribution >= 4 is 17.5 Å². The van der Waals surface area contributed by atoms with Gasteiger partial charge in [-0.3, -0.25) is 19.3 Å². The summed E-state index contributed by atoms with van der Waals surface area (Å²) in [6.07, 6.45) is 0.455. The van der Waals surface area contributed by atoms with Crippen LogP contribution in [0.15, 0.2) is 23.0 Å². The fourth-order valence-corrected chi connectivity index (χ4v) is 3.50. The Labute approximate surface area is 155 Å². The number of fused-ring (bicyclic) bond motifs is 2. The lowest BCUT2D eigenvalue weighted by atomic mass is 10.1. The molecule has 0 spiro atoms. The number of carbonyl (C=O) groups is 2. The molecular weight excluding hydrogens is 348 g/mol. The zero-order valence-corrected chi connectivity index (χ0v) is 15.2. The first-order valence-corrected chi connectivity index (χ1v) is 8.82. The van der Waals surface area contributed by atoms with Gasteiger partial charge in [0.15, 0.2) is 6.61 Å². The van der Waals surface area contributed by atoms with Gasteiger partial charge >= 0.3 is 0 Å². The Bertz CT molecular complexity index is 998. The normalized spacial score (nSPS) is 15.9. The predicted molar refractivity (Wildman–Crippen MR) is 97.7 cm³/mol. The van der Waals surface area contributed by atoms with Gasteiger partial charge in [-0.1, -0.05) is 6.07 Å². The average molecular weight is 368 g/mol. The minimum absolute atomic E-state index is 0.0594. The Morgan fingerprint density at radius 1 is 1.30 bits per heavy atom. The van der Waals surface area contributed by atoms with Crippen molar-refractivity contribution in [3.05, 3.63) is 51.2 Å². The lowest BCUT2D eigenvalue weighted by Gasteiger charge is -2.33. The van der Waals surface area contributed by atoms with E-state index in [1.54, 1.807) is 11.8 Å². The smallest absolute Gasteiger partial charge is 0.265 e. The molecule has 8 nitrogen and oxygen atoms in total. The predicted octanol–water partition coefficient (Wildman–Crippen LogP) is 0.697. The summed E-state index contributed by atoms with van der Waals surface area (Å²) in [5.41, 5.74) is 2.71. The number of nitrogens with zero attached hydrogens (tertiary/aromatic N) is 3. The summed E-state index contributed by atoms with van der Waals surface area (Å²) < 4.78 is 5.46. The van der Waals surface area contributed by atoms with Gasteiger partial charge in [0.1, 0.15) is 18.1 Å². The van der Waals surface area contributed by atoms with Crippen LogP contribution < -0.4 is 15.2 Å². The second-order valence-electron chi connectivity index (χ2n) is 6.88. The van der Waals surface area contributed by atoms with Crippen molar-refractivity contribution in [1.82, 2.24) is 14.9 Å². The first kappa shape index (κ1) is 17.3. The lowest BCUT2D eigenvalue weighted by molar-refractivity contribution is -0.132. The molecule has 2 amide bonds. The van der Waals surface area contributed by atoms with Crippen LogP contribution in [0.5, 0.6) is 5.75 Å². The van der Waals surface area contributed by atoms with E-state index in [0.717, 1.165) is 5.56 Å². The summed E-state index contributed by atoms with van der Waals surface area (Å²) in [6.45, 7) is 4.20. The summed E-state index contributed by atoms with van der Waals surface area (Å²) >= 11 is 0. The third kappa shape index (κ3) is 3.18. The topological polar surface area (TPSA) is 95.6 Å². The minimum atomic E-state index is -0.246. The van der Waals surface area contributed by atoms with Crippen LogP contribution in [0.2, 0.25) is 0 Å². The standard InChI is InChI=1S/C19H20N4O4/c1-11-3-4-16-15(7-11)23(18(25)10-27-16)9-17(24)22-6-5-13-14(8-22)20-12(2)21-19(13)26/h3-4,7H,5-6,8-10H2,1-2H3,(H,20,21,26). The third-order valence-electron chi connectivity index (χ3n) is 4.90. The van der Waals surface area contributed by atoms with Crippen molar-refractivity contribution in [2.45, 2.75) is 26.8 Å². The summed E-state index contributed by atoms with van der Waals surface area (Å²) in [6, 6.07) is 5.56. The van der Waals surface area contributed by atoms with Crippen molar-refractivity contribution in [3.63, 3.8) is 0 Å². The Kier molecular flexibility index (Phi) is 4.18. The molecule has 27 heavy (non-hydrogen) atoms. The highest BCUT2D eigenvalue weighted by atomic mass is 16.5. The second-order valence-corrected chi connectivity index (χ2v) is 6.88. The molecule has 0 unspecified atom stereocenters. The third-order valence-corrected chi connectivity index (χ3v) is 4.90. The van der Waals surface area contributed by atoms with Gasteiger partial charge in [0.05, 0.1) is 17.9 Å². The largest absolute Gasteiger partial charge is 0.482 e. The van der Waals surface area contributed by atoms with Crippen LogP contribution in [-0.4, -0.2) is 46.4 Å². The van der Waals surface area contributed by atoms with Crippen molar-refractivity contribution in [2.75, 3.05) is 24.6 Å². The fourth-order valence-electron chi connectivity index (χ4n) is 3.50. The highest BCUT2D eigenvalue weighted by Gasteiger charge is 2.31. The van der Waals surface area contributed by atoms with Gasteiger partial charge in [0.25, 0.3) is 11.5 Å². The number of anilines is 1. The molecule has 0 radical (unpaired) electrons. The first-order chi connectivity index (χ1) is 12.9. The number of aromatic amines is 1. The van der Waals surface area contributed by atoms with Crippen LogP contribution in [0.1, 0.15) is 22.6 Å². The van der Waals surface area contributed by atoms with E-state index in [2.05, 4.69) is 9.97 Å². The minimum Gasteiger partial charge on any atom is -0.482 e. The van der Waals surface area contributed by atoms with Gasteiger partial charge in [-0.05, 0) is 38.0 Å². The Hall–Kier alpha value is -3.16. The van der Waals surface area contributed by atoms with Gasteiger partial charge in [-0.25, -0.2) is 4.98 Å². The van der Waals surface area contributed by atoms with Crippen LogP contribution in [0.4, 0.5) is 5.69 Å². The Balaban J connectivity index is 1.56. The maximum atomic E-state index is 12.9. The second kappa shape index (κ2) is 6.53. The molecule has 0 saturated heterocycles. The number of hydrogen-bond donors (Lipinski definition) is 1. The monoisotopic (exact) mass is 368 g/mol. The van der Waals surface area contributed by atoms with Crippen molar-refractivity contribution < 1.29 is 14.3 Å². The molecule has 0 aliphatic carbocycles. The average Bonchev–Trinajstić information content (AvgIpc) is 2.63. The summed E-state index contributed by atoms with van der Waals surface area (Å²) in [5, 5.41) is 0. The summed E-state index contributed by atoms with van der Waals surface area (Å²) in [4.78, 5) is 47.4. The lowest BCUT2D eigenvalue weighted by Crippen LogP contribution is -2.48. The van der Waals surface area contributed by atoms with Gasteiger partial charge in [0.2, 0.25) is 5.91 Å². The van der Waals surface area contributed by atoms with E-state index >= 15 is 0 Å². The molecule has 0 fully saturated rings. The van der Waals surface area contributed by atoms with E-state index in [9.17, 15) is 14.4 Å². The van der Waals surface area contributed by atoms with Crippen molar-refractivity contribution in [3.8, 4) is 5.75 Å². The molecule has 140 valence electrons. The number of H-pyrrole nitrogens is 1. The molecular formula is C19H20N4O4. The van der Waals surface area contributed by atoms with E-state index in [1.807, 2.05) is 25.1 Å². The van der Waals surface area contributed by atoms with Crippen molar-refractivity contribution in [1.29, 1.82) is 0 Å². The van der Waals surface area contributed by atoms with E-state index in [4.69, 9.17) is 4.74 Å². The summed E-state index contributed by atoms with van der Waals surface area (Å²) in [7, 11) is 0. The molecule has 3 heterocycles. The Morgan fingerprint density at radius 3 is 2.93 bits per heavy atom. The van der Waals surface area contributed by atoms with Gasteiger partial charge in [0, 0.05) is 12.1 Å². The number of aryl methyl sites for hydroxylation is 2. The highest BCUT2D eigenvalue weighted by molar-refractivity contribution is 6.02. The number of aromatic nitrogens is 2. The molecule has 2 aliphatic rings. The number of ether oxygens (including phenoxy) is 1. The number of hydrogen-bond acceptors (Lipinski definition) is 5. The summed E-state index contributed by atoms with van der Waals surface area (Å²) in [5.74, 6) is 0.703. The fraction of sp³-hybridized carbons (Fsp3) is 0.368. The van der Waals surface area contributed by atoms with Gasteiger partial charge in [-0.2, -0.15) is 0 Å². The zero-order chi connectivity index (χ0) is 19.1. The molecule has 1 N–H and O–H groups in total. The van der Waals surface area contributed by atoms with Crippen LogP contribution in [0.25, 0.3) is 0 Å². The van der Waals surface area contributed by atoms with Crippen LogP contribution in [-0.2, 0) is 22.6 Å². The van der Waals surface area contributed by atoms with Gasteiger partial charge < -0.3 is 14.6 Å². The Morgan fingerprint density at radius 2 is 2.11 bits per heavy atom. The van der Waals surface area contributed by atoms with Crippen LogP contribution >= 0.6 is 0 Å². The van der Waals surface area contributed by atoms with Crippen LogP contribution in [0.3, 0.4) is 0 Å². The maximum absolute atomic E-state index is 12.9. The first-order valence-electron chi connectivity index (χ1n) is 8.82. The van der Waals surface area contributed by atoms with E-state index in [1.165, 1.54) is 4.90 Å². The molecule has 8 heteroatoms. The molecule has 2 aliphatic heterocycles. The molecule has 0 saturated carbocycles. The quantitative estimate of drug-likeness (QED) is 0.842. The number of carbonyl (C=O) groups excluding carboxylic acids is 2. The van der Waals surface area contributed by atoms with E-state index < -0.39 is 0 Å². The molecule has 0 atom stereocenters.